The van der Waals surface area contributed by atoms with E-state index in [4.69, 9.17) is 9.47 Å². The van der Waals surface area contributed by atoms with Crippen LogP contribution >= 0.6 is 0 Å². The van der Waals surface area contributed by atoms with Crippen molar-refractivity contribution in [3.05, 3.63) is 74.6 Å². The van der Waals surface area contributed by atoms with E-state index in [1.54, 1.807) is 6.07 Å². The van der Waals surface area contributed by atoms with Gasteiger partial charge < -0.3 is 9.47 Å². The first-order valence-electron chi connectivity index (χ1n) is 9.97. The molecule has 10 heteroatoms. The Hall–Kier alpha value is -4.21. The average molecular weight is 437 g/mol. The van der Waals surface area contributed by atoms with Crippen molar-refractivity contribution in [1.29, 1.82) is 0 Å². The smallest absolute Gasteiger partial charge is 0.315 e. The summed E-state index contributed by atoms with van der Waals surface area (Å²) >= 11 is 0. The van der Waals surface area contributed by atoms with Gasteiger partial charge >= 0.3 is 5.69 Å². The molecule has 0 aliphatic heterocycles. The lowest BCUT2D eigenvalue weighted by molar-refractivity contribution is -0.386. The molecule has 2 N–H and O–H groups in total. The van der Waals surface area contributed by atoms with E-state index in [2.05, 4.69) is 20.5 Å². The highest BCUT2D eigenvalue weighted by atomic mass is 16.6. The third kappa shape index (κ3) is 5.69. The van der Waals surface area contributed by atoms with Gasteiger partial charge in [0.25, 0.3) is 5.56 Å². The fourth-order valence-corrected chi connectivity index (χ4v) is 2.87. The van der Waals surface area contributed by atoms with Crippen LogP contribution in [0.25, 0.3) is 11.3 Å². The van der Waals surface area contributed by atoms with E-state index in [1.807, 2.05) is 37.3 Å². The molecule has 0 saturated heterocycles. The second-order valence-corrected chi connectivity index (χ2v) is 6.75. The van der Waals surface area contributed by atoms with E-state index < -0.39 is 4.92 Å². The number of aromatic amines is 1. The van der Waals surface area contributed by atoms with Gasteiger partial charge in [-0.25, -0.2) is 10.4 Å². The number of H-pyrrole nitrogens is 1. The van der Waals surface area contributed by atoms with Gasteiger partial charge in [0.1, 0.15) is 0 Å². The molecule has 32 heavy (non-hydrogen) atoms. The highest BCUT2D eigenvalue weighted by Crippen LogP contribution is 2.38. The number of anilines is 1. The maximum atomic E-state index is 12.0. The largest absolute Gasteiger partial charge is 0.493 e. The molecule has 0 amide bonds. The monoisotopic (exact) mass is 437 g/mol. The van der Waals surface area contributed by atoms with Crippen molar-refractivity contribution < 1.29 is 14.4 Å². The Morgan fingerprint density at radius 2 is 2.03 bits per heavy atom. The molecule has 1 aromatic heterocycles. The molecular formula is C22H23N5O5. The third-order valence-electron chi connectivity index (χ3n) is 4.41. The fraction of sp³-hybridized carbons (Fsp3) is 0.227. The Morgan fingerprint density at radius 1 is 1.25 bits per heavy atom. The normalized spacial score (nSPS) is 10.8. The molecule has 166 valence electrons. The van der Waals surface area contributed by atoms with Crippen molar-refractivity contribution in [3.8, 4) is 22.8 Å². The van der Waals surface area contributed by atoms with Crippen molar-refractivity contribution in [2.24, 2.45) is 5.10 Å². The predicted octanol–water partition coefficient (Wildman–Crippen LogP) is 3.98. The molecule has 0 atom stereocenters. The van der Waals surface area contributed by atoms with Gasteiger partial charge in [-0.2, -0.15) is 5.10 Å². The van der Waals surface area contributed by atoms with E-state index in [1.165, 1.54) is 25.5 Å². The molecule has 0 bridgehead atoms. The molecule has 3 rings (SSSR count). The Morgan fingerprint density at radius 3 is 2.72 bits per heavy atom. The summed E-state index contributed by atoms with van der Waals surface area (Å²) in [6.45, 7) is 2.35. The van der Waals surface area contributed by atoms with Gasteiger partial charge in [0.15, 0.2) is 5.75 Å². The number of aromatic nitrogens is 2. The minimum absolute atomic E-state index is 0.0811. The molecule has 3 aromatic rings. The zero-order valence-corrected chi connectivity index (χ0v) is 17.7. The van der Waals surface area contributed by atoms with E-state index in [-0.39, 0.29) is 28.7 Å². The number of rotatable bonds is 10. The molecule has 0 aliphatic carbocycles. The SMILES string of the molecule is CCCCOc1c(OC)cc(/C=N\Nc2nc(-c3ccccc3)cc(=O)[nH]2)cc1[N+](=O)[O-]. The highest BCUT2D eigenvalue weighted by Gasteiger charge is 2.22. The van der Waals surface area contributed by atoms with Crippen LogP contribution in [0.4, 0.5) is 11.6 Å². The van der Waals surface area contributed by atoms with Crippen molar-refractivity contribution in [1.82, 2.24) is 9.97 Å². The number of nitro benzene ring substituents is 1. The third-order valence-corrected chi connectivity index (χ3v) is 4.41. The highest BCUT2D eigenvalue weighted by molar-refractivity contribution is 5.83. The number of hydrazone groups is 1. The van der Waals surface area contributed by atoms with E-state index in [9.17, 15) is 14.9 Å². The number of ether oxygens (including phenoxy) is 2. The maximum absolute atomic E-state index is 12.0. The first kappa shape index (κ1) is 22.5. The minimum atomic E-state index is -0.531. The second-order valence-electron chi connectivity index (χ2n) is 6.75. The average Bonchev–Trinajstić information content (AvgIpc) is 2.79. The van der Waals surface area contributed by atoms with Crippen LogP contribution in [0.5, 0.6) is 11.5 Å². The van der Waals surface area contributed by atoms with Gasteiger partial charge in [-0.15, -0.1) is 0 Å². The number of hydrogen-bond acceptors (Lipinski definition) is 8. The lowest BCUT2D eigenvalue weighted by Gasteiger charge is -2.11. The maximum Gasteiger partial charge on any atom is 0.315 e. The van der Waals surface area contributed by atoms with Crippen molar-refractivity contribution in [2.45, 2.75) is 19.8 Å². The Kier molecular flexibility index (Phi) is 7.52. The topological polar surface area (TPSA) is 132 Å². The molecule has 0 fully saturated rings. The van der Waals surface area contributed by atoms with Crippen molar-refractivity contribution in [2.75, 3.05) is 19.1 Å². The molecule has 10 nitrogen and oxygen atoms in total. The van der Waals surface area contributed by atoms with Crippen LogP contribution in [-0.4, -0.2) is 34.8 Å². The summed E-state index contributed by atoms with van der Waals surface area (Å²) in [6, 6.07) is 13.5. The number of nitrogens with zero attached hydrogens (tertiary/aromatic N) is 3. The van der Waals surface area contributed by atoms with Crippen molar-refractivity contribution >= 4 is 17.9 Å². The number of methoxy groups -OCH3 is 1. The minimum Gasteiger partial charge on any atom is -0.493 e. The second kappa shape index (κ2) is 10.7. The lowest BCUT2D eigenvalue weighted by atomic mass is 10.1. The lowest BCUT2D eigenvalue weighted by Crippen LogP contribution is -2.10. The van der Waals surface area contributed by atoms with Gasteiger partial charge in [-0.05, 0) is 12.5 Å². The molecule has 2 aromatic carbocycles. The zero-order chi connectivity index (χ0) is 22.9. The van der Waals surface area contributed by atoms with Crippen LogP contribution in [-0.2, 0) is 0 Å². The van der Waals surface area contributed by atoms with Crippen LogP contribution in [0, 0.1) is 10.1 Å². The van der Waals surface area contributed by atoms with Crippen LogP contribution in [0.1, 0.15) is 25.3 Å². The number of nitro groups is 1. The van der Waals surface area contributed by atoms with Crippen LogP contribution in [0.15, 0.2) is 58.4 Å². The summed E-state index contributed by atoms with van der Waals surface area (Å²) in [4.78, 5) is 29.9. The van der Waals surface area contributed by atoms with Gasteiger partial charge in [0, 0.05) is 23.3 Å². The number of hydrogen-bond donors (Lipinski definition) is 2. The van der Waals surface area contributed by atoms with Crippen LogP contribution in [0.3, 0.4) is 0 Å². The molecule has 0 unspecified atom stereocenters. The summed E-state index contributed by atoms with van der Waals surface area (Å²) < 4.78 is 10.9. The predicted molar refractivity (Wildman–Crippen MR) is 122 cm³/mol. The number of unbranched alkanes of at least 4 members (excludes halogenated alkanes) is 1. The summed E-state index contributed by atoms with van der Waals surface area (Å²) in [6.07, 6.45) is 3.02. The Balaban J connectivity index is 1.83. The van der Waals surface area contributed by atoms with Gasteiger partial charge in [0.05, 0.1) is 30.5 Å². The first-order chi connectivity index (χ1) is 15.5. The molecular weight excluding hydrogens is 414 g/mol. The van der Waals surface area contributed by atoms with Gasteiger partial charge in [0.2, 0.25) is 11.7 Å². The summed E-state index contributed by atoms with van der Waals surface area (Å²) in [5.74, 6) is 0.445. The Labute approximate surface area is 184 Å². The van der Waals surface area contributed by atoms with Crippen molar-refractivity contribution in [3.63, 3.8) is 0 Å². The quantitative estimate of drug-likeness (QED) is 0.212. The van der Waals surface area contributed by atoms with Gasteiger partial charge in [-0.3, -0.25) is 19.9 Å². The summed E-state index contributed by atoms with van der Waals surface area (Å²) in [7, 11) is 1.41. The van der Waals surface area contributed by atoms with Crippen LogP contribution < -0.4 is 20.5 Å². The van der Waals surface area contributed by atoms with E-state index >= 15 is 0 Å². The standard InChI is InChI=1S/C22H23N5O5/c1-3-4-10-32-21-18(27(29)30)11-15(12-19(21)31-2)14-23-26-22-24-17(13-20(28)25-22)16-8-6-5-7-9-16/h5-9,11-14H,3-4,10H2,1-2H3,(H2,24,25,26,28)/b23-14-. The molecule has 0 saturated carbocycles. The zero-order valence-electron chi connectivity index (χ0n) is 17.7. The first-order valence-corrected chi connectivity index (χ1v) is 9.97. The molecule has 1 heterocycles. The van der Waals surface area contributed by atoms with Crippen LogP contribution in [0.2, 0.25) is 0 Å². The summed E-state index contributed by atoms with van der Waals surface area (Å²) in [5.41, 5.74) is 3.75. The number of nitrogens with one attached hydrogen (secondary N) is 2. The fourth-order valence-electron chi connectivity index (χ4n) is 2.87. The molecule has 0 aliphatic rings. The van der Waals surface area contributed by atoms with E-state index in [0.29, 0.717) is 17.9 Å². The number of benzene rings is 2. The van der Waals surface area contributed by atoms with E-state index in [0.717, 1.165) is 18.4 Å². The van der Waals surface area contributed by atoms with Gasteiger partial charge in [-0.1, -0.05) is 43.7 Å². The molecule has 0 spiro atoms. The Bertz CT molecular complexity index is 1160. The summed E-state index contributed by atoms with van der Waals surface area (Å²) in [5, 5.41) is 15.6. The molecule has 0 radical (unpaired) electrons.